The van der Waals surface area contributed by atoms with Crippen LogP contribution >= 0.6 is 11.6 Å². The first-order chi connectivity index (χ1) is 16.5. The lowest BCUT2D eigenvalue weighted by Crippen LogP contribution is -2.47. The Morgan fingerprint density at radius 2 is 1.56 bits per heavy atom. The molecule has 0 bridgehead atoms. The van der Waals surface area contributed by atoms with Gasteiger partial charge in [-0.3, -0.25) is 14.4 Å². The van der Waals surface area contributed by atoms with Gasteiger partial charge in [0.15, 0.2) is 0 Å². The van der Waals surface area contributed by atoms with Gasteiger partial charge in [0.05, 0.1) is 16.5 Å². The van der Waals surface area contributed by atoms with Crippen molar-refractivity contribution in [3.63, 3.8) is 0 Å². The van der Waals surface area contributed by atoms with Crippen LogP contribution in [0.1, 0.15) is 72.1 Å². The Morgan fingerprint density at radius 3 is 2.26 bits per heavy atom. The van der Waals surface area contributed by atoms with Crippen LogP contribution in [0, 0.1) is 5.92 Å². The van der Waals surface area contributed by atoms with Crippen molar-refractivity contribution in [2.75, 3.05) is 18.4 Å². The second kappa shape index (κ2) is 11.5. The molecule has 3 amide bonds. The van der Waals surface area contributed by atoms with Crippen molar-refractivity contribution in [1.29, 1.82) is 0 Å². The summed E-state index contributed by atoms with van der Waals surface area (Å²) in [5, 5.41) is 6.44. The van der Waals surface area contributed by atoms with E-state index in [1.54, 1.807) is 53.4 Å². The summed E-state index contributed by atoms with van der Waals surface area (Å²) in [5.41, 5.74) is 1.52. The van der Waals surface area contributed by atoms with Gasteiger partial charge in [0.2, 0.25) is 5.91 Å². The van der Waals surface area contributed by atoms with Crippen molar-refractivity contribution in [3.05, 3.63) is 64.7 Å². The van der Waals surface area contributed by atoms with Crippen molar-refractivity contribution in [1.82, 2.24) is 10.2 Å². The van der Waals surface area contributed by atoms with Crippen LogP contribution in [0.3, 0.4) is 0 Å². The Kier molecular flexibility index (Phi) is 8.22. The van der Waals surface area contributed by atoms with Gasteiger partial charge in [-0.15, -0.1) is 0 Å². The van der Waals surface area contributed by atoms with Gasteiger partial charge in [-0.1, -0.05) is 49.4 Å². The van der Waals surface area contributed by atoms with Crippen LogP contribution in [0.15, 0.2) is 48.5 Å². The molecule has 0 spiro atoms. The molecule has 2 N–H and O–H groups in total. The van der Waals surface area contributed by atoms with Gasteiger partial charge < -0.3 is 15.5 Å². The molecule has 1 unspecified atom stereocenters. The van der Waals surface area contributed by atoms with Crippen molar-refractivity contribution in [2.45, 2.75) is 57.4 Å². The average molecular weight is 482 g/mol. The summed E-state index contributed by atoms with van der Waals surface area (Å²) in [7, 11) is 0. The number of anilines is 1. The molecule has 1 aliphatic carbocycles. The maximum Gasteiger partial charge on any atom is 0.257 e. The fraction of sp³-hybridized carbons (Fsp3) is 0.444. The summed E-state index contributed by atoms with van der Waals surface area (Å²) in [6, 6.07) is 14.0. The van der Waals surface area contributed by atoms with Crippen LogP contribution in [0.5, 0.6) is 0 Å². The molecule has 7 heteroatoms. The number of nitrogens with zero attached hydrogens (tertiary/aromatic N) is 1. The molecule has 1 saturated heterocycles. The summed E-state index contributed by atoms with van der Waals surface area (Å²) in [6.07, 6.45) is 8.60. The van der Waals surface area contributed by atoms with Gasteiger partial charge in [-0.25, -0.2) is 0 Å². The first kappa shape index (κ1) is 24.3. The van der Waals surface area contributed by atoms with E-state index in [-0.39, 0.29) is 29.7 Å². The fourth-order valence-corrected chi connectivity index (χ4v) is 5.06. The maximum absolute atomic E-state index is 13.1. The second-order valence-corrected chi connectivity index (χ2v) is 9.71. The van der Waals surface area contributed by atoms with E-state index in [4.69, 9.17) is 11.6 Å². The predicted molar refractivity (Wildman–Crippen MR) is 134 cm³/mol. The van der Waals surface area contributed by atoms with E-state index in [1.165, 1.54) is 25.7 Å². The summed E-state index contributed by atoms with van der Waals surface area (Å²) in [5.74, 6) is -0.462. The highest BCUT2D eigenvalue weighted by molar-refractivity contribution is 6.34. The molecule has 0 radical (unpaired) electrons. The van der Waals surface area contributed by atoms with E-state index in [1.807, 2.05) is 0 Å². The first-order valence-corrected chi connectivity index (χ1v) is 12.6. The van der Waals surface area contributed by atoms with Crippen LogP contribution in [0.25, 0.3) is 0 Å². The van der Waals surface area contributed by atoms with Gasteiger partial charge in [0.25, 0.3) is 11.8 Å². The minimum absolute atomic E-state index is 0.0852. The van der Waals surface area contributed by atoms with E-state index in [0.717, 1.165) is 25.7 Å². The molecular weight excluding hydrogens is 450 g/mol. The molecule has 0 aromatic heterocycles. The van der Waals surface area contributed by atoms with Gasteiger partial charge in [0, 0.05) is 30.4 Å². The zero-order chi connectivity index (χ0) is 23.9. The third-order valence-corrected chi connectivity index (χ3v) is 7.12. The van der Waals surface area contributed by atoms with Crippen LogP contribution < -0.4 is 10.6 Å². The van der Waals surface area contributed by atoms with Gasteiger partial charge in [0.1, 0.15) is 0 Å². The van der Waals surface area contributed by atoms with E-state index < -0.39 is 0 Å². The quantitative estimate of drug-likeness (QED) is 0.570. The third kappa shape index (κ3) is 6.17. The normalized spacial score (nSPS) is 19.2. The number of benzene rings is 2. The number of carbonyl (C=O) groups excluding carboxylic acids is 3. The zero-order valence-corrected chi connectivity index (χ0v) is 20.2. The molecule has 4 rings (SSSR count). The zero-order valence-electron chi connectivity index (χ0n) is 19.4. The van der Waals surface area contributed by atoms with Crippen molar-refractivity contribution in [3.8, 4) is 0 Å². The largest absolute Gasteiger partial charge is 0.353 e. The number of carbonyl (C=O) groups is 3. The number of hydrogen-bond acceptors (Lipinski definition) is 3. The third-order valence-electron chi connectivity index (χ3n) is 6.79. The number of nitrogens with one attached hydrogen (secondary N) is 2. The van der Waals surface area contributed by atoms with Gasteiger partial charge in [-0.05, 0) is 62.1 Å². The van der Waals surface area contributed by atoms with Crippen molar-refractivity contribution >= 4 is 35.0 Å². The lowest BCUT2D eigenvalue weighted by molar-refractivity contribution is -0.127. The Morgan fingerprint density at radius 1 is 0.853 bits per heavy atom. The summed E-state index contributed by atoms with van der Waals surface area (Å²) in [6.45, 7) is 1.10. The molecular formula is C27H32ClN3O3. The highest BCUT2D eigenvalue weighted by atomic mass is 35.5. The van der Waals surface area contributed by atoms with Crippen LogP contribution in [-0.2, 0) is 4.79 Å². The fourth-order valence-electron chi connectivity index (χ4n) is 4.84. The monoisotopic (exact) mass is 481 g/mol. The maximum atomic E-state index is 13.1. The van der Waals surface area contributed by atoms with Gasteiger partial charge in [-0.2, -0.15) is 0 Å². The number of piperidine rings is 1. The van der Waals surface area contributed by atoms with Crippen molar-refractivity contribution < 1.29 is 14.4 Å². The highest BCUT2D eigenvalue weighted by Crippen LogP contribution is 2.23. The van der Waals surface area contributed by atoms with Gasteiger partial charge >= 0.3 is 0 Å². The van der Waals surface area contributed by atoms with Crippen LogP contribution in [0.2, 0.25) is 5.02 Å². The summed E-state index contributed by atoms with van der Waals surface area (Å²) >= 11 is 6.09. The van der Waals surface area contributed by atoms with E-state index in [9.17, 15) is 14.4 Å². The molecule has 2 aromatic rings. The molecule has 1 aliphatic heterocycles. The molecule has 180 valence electrons. The minimum Gasteiger partial charge on any atom is -0.353 e. The first-order valence-electron chi connectivity index (χ1n) is 12.3. The molecule has 1 saturated carbocycles. The molecule has 2 fully saturated rings. The number of halogens is 1. The summed E-state index contributed by atoms with van der Waals surface area (Å²) < 4.78 is 0. The minimum atomic E-state index is -0.303. The molecule has 34 heavy (non-hydrogen) atoms. The average Bonchev–Trinajstić information content (AvgIpc) is 3.13. The lowest BCUT2D eigenvalue weighted by Gasteiger charge is -2.33. The molecule has 6 nitrogen and oxygen atoms in total. The molecule has 2 aliphatic rings. The standard InChI is InChI=1S/C27H32ClN3O3/c28-24-12-6-5-11-23(24)26(33)30-22-15-13-19(14-16-22)27(34)31-17-7-8-20(18-31)25(32)29-21-9-3-1-2-4-10-21/h5-6,11-16,20-21H,1-4,7-10,17-18H2,(H,29,32)(H,30,33). The van der Waals surface area contributed by atoms with Crippen molar-refractivity contribution in [2.24, 2.45) is 5.92 Å². The molecule has 2 aromatic carbocycles. The Labute approximate surface area is 206 Å². The number of rotatable bonds is 5. The predicted octanol–water partition coefficient (Wildman–Crippen LogP) is 5.28. The number of hydrogen-bond donors (Lipinski definition) is 2. The van der Waals surface area contributed by atoms with Crippen LogP contribution in [-0.4, -0.2) is 41.8 Å². The van der Waals surface area contributed by atoms with E-state index in [2.05, 4.69) is 10.6 Å². The SMILES string of the molecule is O=C(Nc1ccc(C(=O)N2CCCC(C(=O)NC3CCCCCC3)C2)cc1)c1ccccc1Cl. The highest BCUT2D eigenvalue weighted by Gasteiger charge is 2.30. The Bertz CT molecular complexity index is 1020. The molecule has 1 heterocycles. The Hall–Kier alpha value is -2.86. The second-order valence-electron chi connectivity index (χ2n) is 9.30. The Balaban J connectivity index is 1.33. The lowest BCUT2D eigenvalue weighted by atomic mass is 9.95. The summed E-state index contributed by atoms with van der Waals surface area (Å²) in [4.78, 5) is 40.2. The topological polar surface area (TPSA) is 78.5 Å². The smallest absolute Gasteiger partial charge is 0.257 e. The number of likely N-dealkylation sites (tertiary alicyclic amines) is 1. The van der Waals surface area contributed by atoms with E-state index in [0.29, 0.717) is 34.9 Å². The number of amides is 3. The van der Waals surface area contributed by atoms with Crippen LogP contribution in [0.4, 0.5) is 5.69 Å². The molecule has 1 atom stereocenters. The van der Waals surface area contributed by atoms with E-state index >= 15 is 0 Å².